The average Bonchev–Trinajstić information content (AvgIpc) is 3.11. The lowest BCUT2D eigenvalue weighted by Crippen LogP contribution is -2.48. The van der Waals surface area contributed by atoms with Gasteiger partial charge >= 0.3 is 0 Å². The zero-order valence-electron chi connectivity index (χ0n) is 15.4. The molecule has 2 aliphatic rings. The van der Waals surface area contributed by atoms with E-state index in [4.69, 9.17) is 9.47 Å². The lowest BCUT2D eigenvalue weighted by atomic mass is 10.0. The molecule has 1 aromatic rings. The lowest BCUT2D eigenvalue weighted by Gasteiger charge is -2.34. The van der Waals surface area contributed by atoms with E-state index in [0.717, 1.165) is 51.4 Å². The summed E-state index contributed by atoms with van der Waals surface area (Å²) in [6, 6.07) is 8.05. The quantitative estimate of drug-likeness (QED) is 0.859. The third-order valence-electron chi connectivity index (χ3n) is 5.18. The number of likely N-dealkylation sites (tertiary alicyclic amines) is 1. The van der Waals surface area contributed by atoms with Crippen molar-refractivity contribution in [2.45, 2.75) is 45.3 Å². The molecule has 5 heteroatoms. The number of aryl methyl sites for hydroxylation is 1. The van der Waals surface area contributed by atoms with Crippen LogP contribution in [0.5, 0.6) is 5.75 Å². The third kappa shape index (κ3) is 5.44. The van der Waals surface area contributed by atoms with E-state index in [9.17, 15) is 4.79 Å². The van der Waals surface area contributed by atoms with Crippen LogP contribution >= 0.6 is 0 Å². The number of carbonyl (C=O) groups is 1. The van der Waals surface area contributed by atoms with Crippen LogP contribution < -0.4 is 10.1 Å². The summed E-state index contributed by atoms with van der Waals surface area (Å²) in [5.74, 6) is 1.40. The van der Waals surface area contributed by atoms with E-state index in [1.54, 1.807) is 0 Å². The summed E-state index contributed by atoms with van der Waals surface area (Å²) in [4.78, 5) is 14.9. The molecule has 0 aromatic heterocycles. The minimum Gasteiger partial charge on any atom is -0.481 e. The van der Waals surface area contributed by atoms with Gasteiger partial charge in [-0.2, -0.15) is 0 Å². The summed E-state index contributed by atoms with van der Waals surface area (Å²) in [5.41, 5.74) is 1.18. The number of nitrogens with zero attached hydrogens (tertiary/aromatic N) is 1. The number of ether oxygens (including phenoxy) is 2. The first kappa shape index (κ1) is 18.2. The van der Waals surface area contributed by atoms with Crippen molar-refractivity contribution in [3.63, 3.8) is 0 Å². The van der Waals surface area contributed by atoms with Gasteiger partial charge in [-0.3, -0.25) is 4.79 Å². The first-order chi connectivity index (χ1) is 12.1. The Morgan fingerprint density at radius 1 is 1.28 bits per heavy atom. The number of amides is 1. The number of rotatable bonds is 6. The fourth-order valence-electron chi connectivity index (χ4n) is 3.55. The minimum absolute atomic E-state index is 0.0248. The highest BCUT2D eigenvalue weighted by Gasteiger charge is 2.26. The largest absolute Gasteiger partial charge is 0.481 e. The van der Waals surface area contributed by atoms with Gasteiger partial charge in [-0.15, -0.1) is 0 Å². The van der Waals surface area contributed by atoms with E-state index in [1.807, 2.05) is 38.1 Å². The van der Waals surface area contributed by atoms with Crippen molar-refractivity contribution < 1.29 is 14.3 Å². The first-order valence-corrected chi connectivity index (χ1v) is 9.44. The molecule has 0 saturated carbocycles. The molecule has 2 aliphatic heterocycles. The van der Waals surface area contributed by atoms with Gasteiger partial charge in [0.1, 0.15) is 5.75 Å². The molecule has 2 fully saturated rings. The van der Waals surface area contributed by atoms with Crippen LogP contribution in [0.2, 0.25) is 0 Å². The Labute approximate surface area is 150 Å². The van der Waals surface area contributed by atoms with Crippen LogP contribution in [0.25, 0.3) is 0 Å². The Balaban J connectivity index is 1.38. The van der Waals surface area contributed by atoms with Crippen molar-refractivity contribution in [1.29, 1.82) is 0 Å². The van der Waals surface area contributed by atoms with Crippen molar-refractivity contribution in [3.05, 3.63) is 29.8 Å². The van der Waals surface area contributed by atoms with Crippen LogP contribution in [0.4, 0.5) is 0 Å². The van der Waals surface area contributed by atoms with Gasteiger partial charge in [0, 0.05) is 32.3 Å². The number of piperidine rings is 1. The molecule has 1 aromatic carbocycles. The van der Waals surface area contributed by atoms with E-state index < -0.39 is 6.10 Å². The highest BCUT2D eigenvalue weighted by atomic mass is 16.5. The third-order valence-corrected chi connectivity index (χ3v) is 5.18. The number of carbonyl (C=O) groups excluding carboxylic acids is 1. The van der Waals surface area contributed by atoms with Gasteiger partial charge in [0.25, 0.3) is 5.91 Å². The Hall–Kier alpha value is -1.59. The molecule has 0 spiro atoms. The maximum atomic E-state index is 12.4. The van der Waals surface area contributed by atoms with Crippen LogP contribution in [0, 0.1) is 12.8 Å². The summed E-state index contributed by atoms with van der Waals surface area (Å²) < 4.78 is 11.2. The zero-order chi connectivity index (χ0) is 17.6. The van der Waals surface area contributed by atoms with E-state index in [2.05, 4.69) is 10.2 Å². The van der Waals surface area contributed by atoms with E-state index in [-0.39, 0.29) is 11.9 Å². The number of nitrogens with one attached hydrogen (secondary N) is 1. The lowest BCUT2D eigenvalue weighted by molar-refractivity contribution is -0.128. The van der Waals surface area contributed by atoms with Crippen molar-refractivity contribution in [3.8, 4) is 5.75 Å². The van der Waals surface area contributed by atoms with Crippen LogP contribution in [-0.2, 0) is 9.53 Å². The van der Waals surface area contributed by atoms with Crippen molar-refractivity contribution >= 4 is 5.91 Å². The second kappa shape index (κ2) is 8.68. The molecule has 2 unspecified atom stereocenters. The predicted molar refractivity (Wildman–Crippen MR) is 97.8 cm³/mol. The number of benzene rings is 1. The Bertz CT molecular complexity index is 547. The topological polar surface area (TPSA) is 50.8 Å². The first-order valence-electron chi connectivity index (χ1n) is 9.44. The monoisotopic (exact) mass is 346 g/mol. The van der Waals surface area contributed by atoms with E-state index >= 15 is 0 Å². The second-order valence-corrected chi connectivity index (χ2v) is 7.39. The summed E-state index contributed by atoms with van der Waals surface area (Å²) in [6.07, 6.45) is 2.73. The second-order valence-electron chi connectivity index (χ2n) is 7.39. The van der Waals surface area contributed by atoms with Gasteiger partial charge in [-0.25, -0.2) is 0 Å². The standard InChI is InChI=1S/C20H30N2O3/c1-15-3-5-19(6-4-15)25-16(2)20(23)21-18-7-10-22(11-8-18)13-17-9-12-24-14-17/h3-6,16-18H,7-14H2,1-2H3,(H,21,23). The summed E-state index contributed by atoms with van der Waals surface area (Å²) in [6.45, 7) is 8.90. The van der Waals surface area contributed by atoms with Gasteiger partial charge in [0.2, 0.25) is 0 Å². The maximum Gasteiger partial charge on any atom is 0.260 e. The van der Waals surface area contributed by atoms with Gasteiger partial charge < -0.3 is 19.7 Å². The van der Waals surface area contributed by atoms with Crippen LogP contribution in [0.1, 0.15) is 31.7 Å². The highest BCUT2D eigenvalue weighted by molar-refractivity contribution is 5.81. The molecule has 1 amide bonds. The predicted octanol–water partition coefficient (Wildman–Crippen LogP) is 2.38. The molecule has 2 saturated heterocycles. The molecule has 1 N–H and O–H groups in total. The van der Waals surface area contributed by atoms with Gasteiger partial charge in [0.15, 0.2) is 6.10 Å². The molecular formula is C20H30N2O3. The van der Waals surface area contributed by atoms with Crippen molar-refractivity contribution in [1.82, 2.24) is 10.2 Å². The van der Waals surface area contributed by atoms with Crippen LogP contribution in [0.3, 0.4) is 0 Å². The Morgan fingerprint density at radius 3 is 2.64 bits per heavy atom. The molecule has 0 aliphatic carbocycles. The van der Waals surface area contributed by atoms with Crippen LogP contribution in [0.15, 0.2) is 24.3 Å². The zero-order valence-corrected chi connectivity index (χ0v) is 15.4. The van der Waals surface area contributed by atoms with Crippen molar-refractivity contribution in [2.75, 3.05) is 32.8 Å². The average molecular weight is 346 g/mol. The normalized spacial score (nSPS) is 23.4. The Morgan fingerprint density at radius 2 is 2.00 bits per heavy atom. The van der Waals surface area contributed by atoms with Gasteiger partial charge in [-0.05, 0) is 51.2 Å². The molecule has 138 valence electrons. The molecule has 5 nitrogen and oxygen atoms in total. The summed E-state index contributed by atoms with van der Waals surface area (Å²) in [5, 5.41) is 3.15. The maximum absolute atomic E-state index is 12.4. The van der Waals surface area contributed by atoms with Gasteiger partial charge in [-0.1, -0.05) is 17.7 Å². The SMILES string of the molecule is Cc1ccc(OC(C)C(=O)NC2CCN(CC3CCOC3)CC2)cc1. The van der Waals surface area contributed by atoms with E-state index in [1.165, 1.54) is 12.0 Å². The fourth-order valence-corrected chi connectivity index (χ4v) is 3.55. The number of hydrogen-bond donors (Lipinski definition) is 1. The minimum atomic E-state index is -0.476. The Kier molecular flexibility index (Phi) is 6.32. The van der Waals surface area contributed by atoms with Gasteiger partial charge in [0.05, 0.1) is 6.61 Å². The number of hydrogen-bond acceptors (Lipinski definition) is 4. The summed E-state index contributed by atoms with van der Waals surface area (Å²) >= 11 is 0. The van der Waals surface area contributed by atoms with E-state index in [0.29, 0.717) is 5.92 Å². The summed E-state index contributed by atoms with van der Waals surface area (Å²) in [7, 11) is 0. The molecule has 2 heterocycles. The smallest absolute Gasteiger partial charge is 0.260 e. The van der Waals surface area contributed by atoms with Crippen molar-refractivity contribution in [2.24, 2.45) is 5.92 Å². The highest BCUT2D eigenvalue weighted by Crippen LogP contribution is 2.18. The van der Waals surface area contributed by atoms with Crippen LogP contribution in [-0.4, -0.2) is 55.8 Å². The fraction of sp³-hybridized carbons (Fsp3) is 0.650. The molecule has 0 bridgehead atoms. The molecular weight excluding hydrogens is 316 g/mol. The molecule has 25 heavy (non-hydrogen) atoms. The molecule has 0 radical (unpaired) electrons. The molecule has 3 rings (SSSR count). The molecule has 2 atom stereocenters.